The quantitative estimate of drug-likeness (QED) is 0.878. The molecular formula is C12H12FNO5S. The number of rotatable bonds is 5. The molecule has 0 radical (unpaired) electrons. The third kappa shape index (κ3) is 2.91. The fourth-order valence-electron chi connectivity index (χ4n) is 1.52. The van der Waals surface area contributed by atoms with Crippen LogP contribution in [0.3, 0.4) is 0 Å². The van der Waals surface area contributed by atoms with E-state index in [9.17, 15) is 12.8 Å². The van der Waals surface area contributed by atoms with Gasteiger partial charge in [-0.25, -0.2) is 4.39 Å². The van der Waals surface area contributed by atoms with Crippen LogP contribution >= 0.6 is 0 Å². The highest BCUT2D eigenvalue weighted by Gasteiger charge is 2.19. The minimum Gasteiger partial charge on any atom is -0.494 e. The van der Waals surface area contributed by atoms with Gasteiger partial charge in [-0.1, -0.05) is 0 Å². The molecule has 8 heteroatoms. The molecule has 2 aromatic rings. The van der Waals surface area contributed by atoms with E-state index < -0.39 is 22.4 Å². The number of nitrogens with one attached hydrogen (secondary N) is 1. The fourth-order valence-corrected chi connectivity index (χ4v) is 2.52. The summed E-state index contributed by atoms with van der Waals surface area (Å²) in [5.74, 6) is -0.557. The van der Waals surface area contributed by atoms with Gasteiger partial charge in [0.25, 0.3) is 10.0 Å². The molecule has 0 saturated heterocycles. The molecule has 0 unspecified atom stereocenters. The fraction of sp³-hybridized carbons (Fsp3) is 0.167. The van der Waals surface area contributed by atoms with Crippen molar-refractivity contribution in [2.75, 3.05) is 11.8 Å². The number of hydrogen-bond acceptors (Lipinski definition) is 5. The van der Waals surface area contributed by atoms with E-state index in [1.54, 1.807) is 0 Å². The lowest BCUT2D eigenvalue weighted by atomic mass is 10.3. The van der Waals surface area contributed by atoms with Crippen molar-refractivity contribution in [2.45, 2.75) is 11.7 Å². The highest BCUT2D eigenvalue weighted by atomic mass is 32.2. The first-order chi connectivity index (χ1) is 9.46. The van der Waals surface area contributed by atoms with Crippen LogP contribution in [-0.4, -0.2) is 20.6 Å². The molecule has 1 aromatic carbocycles. The zero-order valence-corrected chi connectivity index (χ0v) is 11.3. The van der Waals surface area contributed by atoms with Gasteiger partial charge in [-0.15, -0.1) is 0 Å². The number of benzene rings is 1. The second kappa shape index (κ2) is 5.51. The van der Waals surface area contributed by atoms with Gasteiger partial charge in [0.15, 0.2) is 11.6 Å². The number of aliphatic hydroxyl groups excluding tert-OH is 1. The topological polar surface area (TPSA) is 88.8 Å². The summed E-state index contributed by atoms with van der Waals surface area (Å²) >= 11 is 0. The summed E-state index contributed by atoms with van der Waals surface area (Å²) in [6, 6.07) is 6.11. The van der Waals surface area contributed by atoms with Gasteiger partial charge >= 0.3 is 0 Å². The maximum atomic E-state index is 13.2. The van der Waals surface area contributed by atoms with Crippen LogP contribution in [-0.2, 0) is 16.6 Å². The Balaban J connectivity index is 2.28. The molecule has 0 aliphatic rings. The summed E-state index contributed by atoms with van der Waals surface area (Å²) in [5, 5.41) is 8.50. The van der Waals surface area contributed by atoms with Crippen molar-refractivity contribution in [3.8, 4) is 5.75 Å². The lowest BCUT2D eigenvalue weighted by Gasteiger charge is -2.08. The molecule has 0 amide bonds. The Kier molecular flexibility index (Phi) is 3.96. The molecule has 0 fully saturated rings. The van der Waals surface area contributed by atoms with Crippen LogP contribution in [0.15, 0.2) is 39.8 Å². The van der Waals surface area contributed by atoms with E-state index in [2.05, 4.69) is 4.72 Å². The number of methoxy groups -OCH3 is 1. The Morgan fingerprint density at radius 2 is 2.10 bits per heavy atom. The van der Waals surface area contributed by atoms with Gasteiger partial charge in [0.05, 0.1) is 12.8 Å². The van der Waals surface area contributed by atoms with Gasteiger partial charge in [0, 0.05) is 6.07 Å². The van der Waals surface area contributed by atoms with Gasteiger partial charge in [-0.2, -0.15) is 8.42 Å². The Morgan fingerprint density at radius 1 is 1.35 bits per heavy atom. The number of sulfonamides is 1. The van der Waals surface area contributed by atoms with Crippen molar-refractivity contribution in [3.63, 3.8) is 0 Å². The second-order valence-corrected chi connectivity index (χ2v) is 5.45. The zero-order valence-electron chi connectivity index (χ0n) is 10.5. The SMILES string of the molecule is COc1cc(NS(=O)(=O)c2ccc(CO)o2)ccc1F. The maximum absolute atomic E-state index is 13.2. The number of anilines is 1. The Labute approximate surface area is 114 Å². The van der Waals surface area contributed by atoms with Gasteiger partial charge in [-0.05, 0) is 24.3 Å². The van der Waals surface area contributed by atoms with Crippen LogP contribution in [0.4, 0.5) is 10.1 Å². The molecule has 0 spiro atoms. The van der Waals surface area contributed by atoms with Gasteiger partial charge in [-0.3, -0.25) is 4.72 Å². The van der Waals surface area contributed by atoms with E-state index >= 15 is 0 Å². The van der Waals surface area contributed by atoms with E-state index in [0.717, 1.165) is 6.07 Å². The summed E-state index contributed by atoms with van der Waals surface area (Å²) in [7, 11) is -2.67. The largest absolute Gasteiger partial charge is 0.494 e. The Bertz CT molecular complexity index is 710. The molecule has 0 aliphatic heterocycles. The molecule has 0 bridgehead atoms. The lowest BCUT2D eigenvalue weighted by Crippen LogP contribution is -2.12. The molecule has 1 aromatic heterocycles. The molecule has 0 aliphatic carbocycles. The number of aliphatic hydroxyl groups is 1. The Hall–Kier alpha value is -2.06. The van der Waals surface area contributed by atoms with Crippen molar-refractivity contribution in [3.05, 3.63) is 41.9 Å². The lowest BCUT2D eigenvalue weighted by molar-refractivity contribution is 0.236. The third-order valence-electron chi connectivity index (χ3n) is 2.46. The minimum absolute atomic E-state index is 0.0827. The molecule has 2 N–H and O–H groups in total. The summed E-state index contributed by atoms with van der Waals surface area (Å²) in [6.45, 7) is -0.403. The van der Waals surface area contributed by atoms with Crippen LogP contribution in [0.2, 0.25) is 0 Å². The first kappa shape index (κ1) is 14.4. The molecule has 20 heavy (non-hydrogen) atoms. The predicted molar refractivity (Wildman–Crippen MR) is 68.4 cm³/mol. The Morgan fingerprint density at radius 3 is 2.70 bits per heavy atom. The molecule has 0 atom stereocenters. The number of ether oxygens (including phenoxy) is 1. The molecular weight excluding hydrogens is 289 g/mol. The molecule has 1 heterocycles. The summed E-state index contributed by atoms with van der Waals surface area (Å²) in [6.07, 6.45) is 0. The van der Waals surface area contributed by atoms with E-state index in [-0.39, 0.29) is 22.3 Å². The maximum Gasteiger partial charge on any atom is 0.295 e. The smallest absolute Gasteiger partial charge is 0.295 e. The van der Waals surface area contributed by atoms with Crippen LogP contribution in [0, 0.1) is 5.82 Å². The summed E-state index contributed by atoms with van der Waals surface area (Å²) in [5.41, 5.74) is 0.130. The van der Waals surface area contributed by atoms with Crippen LogP contribution in [0.5, 0.6) is 5.75 Å². The number of halogens is 1. The van der Waals surface area contributed by atoms with Crippen molar-refractivity contribution >= 4 is 15.7 Å². The highest BCUT2D eigenvalue weighted by molar-refractivity contribution is 7.92. The monoisotopic (exact) mass is 301 g/mol. The van der Waals surface area contributed by atoms with E-state index in [1.807, 2.05) is 0 Å². The van der Waals surface area contributed by atoms with Crippen molar-refractivity contribution in [2.24, 2.45) is 0 Å². The molecule has 108 valence electrons. The highest BCUT2D eigenvalue weighted by Crippen LogP contribution is 2.24. The van der Waals surface area contributed by atoms with Gasteiger partial charge < -0.3 is 14.3 Å². The normalized spacial score (nSPS) is 11.3. The zero-order chi connectivity index (χ0) is 14.8. The second-order valence-electron chi connectivity index (χ2n) is 3.83. The minimum atomic E-state index is -3.95. The molecule has 0 saturated carbocycles. The van der Waals surface area contributed by atoms with E-state index in [4.69, 9.17) is 14.3 Å². The first-order valence-electron chi connectivity index (χ1n) is 5.52. The average Bonchev–Trinajstić information content (AvgIpc) is 2.90. The number of hydrogen-bond donors (Lipinski definition) is 2. The van der Waals surface area contributed by atoms with E-state index in [0.29, 0.717) is 0 Å². The first-order valence-corrected chi connectivity index (χ1v) is 7.00. The van der Waals surface area contributed by atoms with Crippen molar-refractivity contribution in [1.29, 1.82) is 0 Å². The van der Waals surface area contributed by atoms with Gasteiger partial charge in [0.2, 0.25) is 5.09 Å². The average molecular weight is 301 g/mol. The number of furan rings is 1. The van der Waals surface area contributed by atoms with Crippen LogP contribution in [0.25, 0.3) is 0 Å². The third-order valence-corrected chi connectivity index (χ3v) is 3.71. The van der Waals surface area contributed by atoms with Crippen molar-refractivity contribution < 1.29 is 27.1 Å². The summed E-state index contributed by atoms with van der Waals surface area (Å²) < 4.78 is 49.1. The molecule has 2 rings (SSSR count). The predicted octanol–water partition coefficient (Wildman–Crippen LogP) is 1.72. The van der Waals surface area contributed by atoms with E-state index in [1.165, 1.54) is 31.4 Å². The van der Waals surface area contributed by atoms with Crippen molar-refractivity contribution in [1.82, 2.24) is 0 Å². The summed E-state index contributed by atoms with van der Waals surface area (Å²) in [4.78, 5) is 0. The van der Waals surface area contributed by atoms with Crippen LogP contribution < -0.4 is 9.46 Å². The van der Waals surface area contributed by atoms with Gasteiger partial charge in [0.1, 0.15) is 12.4 Å². The molecule has 6 nitrogen and oxygen atoms in total. The van der Waals surface area contributed by atoms with Crippen LogP contribution in [0.1, 0.15) is 5.76 Å². The standard InChI is InChI=1S/C12H12FNO5S/c1-18-11-6-8(2-4-10(11)13)14-20(16,17)12-5-3-9(7-15)19-12/h2-6,14-15H,7H2,1H3.